The Hall–Kier alpha value is -1.53. The number of nitrogens with one attached hydrogen (secondary N) is 1. The van der Waals surface area contributed by atoms with Crippen LogP contribution >= 0.6 is 11.8 Å². The number of thioether (sulfide) groups is 1. The topological polar surface area (TPSA) is 75.4 Å². The molecule has 3 N–H and O–H groups in total. The summed E-state index contributed by atoms with van der Waals surface area (Å²) in [5.74, 6) is -0.126. The number of benzene rings is 1. The lowest BCUT2D eigenvalue weighted by Gasteiger charge is -2.27. The molecule has 1 aliphatic heterocycles. The van der Waals surface area contributed by atoms with Crippen LogP contribution in [-0.2, 0) is 9.59 Å². The van der Waals surface area contributed by atoms with Crippen LogP contribution < -0.4 is 16.0 Å². The summed E-state index contributed by atoms with van der Waals surface area (Å²) in [6, 6.07) is 5.65. The zero-order valence-corrected chi connectivity index (χ0v) is 10.9. The molecule has 2 amide bonds. The van der Waals surface area contributed by atoms with E-state index >= 15 is 0 Å². The molecule has 6 heteroatoms. The molecule has 0 spiro atoms. The number of carbonyl (C=O) groups excluding carboxylic acids is 2. The van der Waals surface area contributed by atoms with E-state index < -0.39 is 0 Å². The normalized spacial score (nSPS) is 14.3. The van der Waals surface area contributed by atoms with Gasteiger partial charge in [-0.05, 0) is 18.2 Å². The number of fused-ring (bicyclic) bond motifs is 1. The zero-order valence-electron chi connectivity index (χ0n) is 10.1. The van der Waals surface area contributed by atoms with Gasteiger partial charge in [-0.2, -0.15) is 0 Å². The van der Waals surface area contributed by atoms with Gasteiger partial charge < -0.3 is 11.1 Å². The van der Waals surface area contributed by atoms with Crippen LogP contribution in [0.4, 0.5) is 11.4 Å². The van der Waals surface area contributed by atoms with Crippen molar-refractivity contribution in [2.75, 3.05) is 29.6 Å². The number of hydrogen-bond donors (Lipinski definition) is 2. The molecular weight excluding hydrogens is 250 g/mol. The first-order valence-electron chi connectivity index (χ1n) is 5.68. The molecule has 1 aromatic rings. The predicted octanol–water partition coefficient (Wildman–Crippen LogP) is 1.04. The van der Waals surface area contributed by atoms with Crippen LogP contribution in [0.15, 0.2) is 23.1 Å². The van der Waals surface area contributed by atoms with Crippen molar-refractivity contribution < 1.29 is 9.59 Å². The van der Waals surface area contributed by atoms with Crippen LogP contribution in [0.5, 0.6) is 0 Å². The lowest BCUT2D eigenvalue weighted by molar-refractivity contribution is -0.125. The number of nitrogens with two attached hydrogens (primary N) is 1. The van der Waals surface area contributed by atoms with Crippen LogP contribution in [-0.4, -0.2) is 31.2 Å². The minimum absolute atomic E-state index is 0.180. The van der Waals surface area contributed by atoms with E-state index in [2.05, 4.69) is 5.32 Å². The Morgan fingerprint density at radius 3 is 3.00 bits per heavy atom. The maximum absolute atomic E-state index is 12.0. The largest absolute Gasteiger partial charge is 0.388 e. The van der Waals surface area contributed by atoms with Gasteiger partial charge in [0.2, 0.25) is 11.8 Å². The second kappa shape index (κ2) is 5.41. The second-order valence-corrected chi connectivity index (χ2v) is 4.90. The maximum atomic E-state index is 12.0. The van der Waals surface area contributed by atoms with Gasteiger partial charge in [0.15, 0.2) is 0 Å². The van der Waals surface area contributed by atoms with Crippen molar-refractivity contribution in [1.82, 2.24) is 0 Å². The molecule has 0 saturated heterocycles. The Kier molecular flexibility index (Phi) is 3.88. The van der Waals surface area contributed by atoms with Gasteiger partial charge in [-0.15, -0.1) is 11.8 Å². The Morgan fingerprint density at radius 2 is 2.33 bits per heavy atom. The van der Waals surface area contributed by atoms with Crippen molar-refractivity contribution in [3.05, 3.63) is 18.2 Å². The maximum Gasteiger partial charge on any atom is 0.244 e. The fourth-order valence-corrected chi connectivity index (χ4v) is 2.69. The van der Waals surface area contributed by atoms with Crippen molar-refractivity contribution in [3.8, 4) is 0 Å². The highest BCUT2D eigenvalue weighted by Crippen LogP contribution is 2.37. The summed E-state index contributed by atoms with van der Waals surface area (Å²) < 4.78 is 0. The van der Waals surface area contributed by atoms with E-state index in [0.29, 0.717) is 11.4 Å². The highest BCUT2D eigenvalue weighted by Gasteiger charge is 2.29. The highest BCUT2D eigenvalue weighted by molar-refractivity contribution is 8.00. The van der Waals surface area contributed by atoms with Crippen molar-refractivity contribution >= 4 is 35.0 Å². The molecule has 1 aromatic carbocycles. The SMILES string of the molecule is CNc1ccc2c(c1)N(C(=O)CCN)C(=O)CS2. The van der Waals surface area contributed by atoms with Gasteiger partial charge in [0, 0.05) is 30.6 Å². The number of carbonyl (C=O) groups is 2. The lowest BCUT2D eigenvalue weighted by atomic mass is 10.2. The van der Waals surface area contributed by atoms with Gasteiger partial charge in [-0.25, -0.2) is 4.90 Å². The molecule has 0 bridgehead atoms. The second-order valence-electron chi connectivity index (χ2n) is 3.88. The smallest absolute Gasteiger partial charge is 0.244 e. The van der Waals surface area contributed by atoms with E-state index in [0.717, 1.165) is 10.6 Å². The Labute approximate surface area is 110 Å². The molecule has 0 saturated carbocycles. The monoisotopic (exact) mass is 265 g/mol. The zero-order chi connectivity index (χ0) is 13.1. The molecule has 5 nitrogen and oxygen atoms in total. The van der Waals surface area contributed by atoms with Crippen LogP contribution in [0.2, 0.25) is 0 Å². The number of hydrogen-bond acceptors (Lipinski definition) is 5. The fourth-order valence-electron chi connectivity index (χ4n) is 1.82. The van der Waals surface area contributed by atoms with Crippen LogP contribution in [0, 0.1) is 0 Å². The summed E-state index contributed by atoms with van der Waals surface area (Å²) >= 11 is 1.45. The molecule has 1 heterocycles. The molecular formula is C12H15N3O2S. The number of imide groups is 1. The van der Waals surface area contributed by atoms with Crippen LogP contribution in [0.25, 0.3) is 0 Å². The van der Waals surface area contributed by atoms with Gasteiger partial charge >= 0.3 is 0 Å². The minimum Gasteiger partial charge on any atom is -0.388 e. The Bertz CT molecular complexity index is 490. The summed E-state index contributed by atoms with van der Waals surface area (Å²) in [6.45, 7) is 0.247. The van der Waals surface area contributed by atoms with E-state index in [1.54, 1.807) is 7.05 Å². The first kappa shape index (κ1) is 12.9. The van der Waals surface area contributed by atoms with E-state index in [9.17, 15) is 9.59 Å². The van der Waals surface area contributed by atoms with E-state index in [1.807, 2.05) is 18.2 Å². The summed E-state index contributed by atoms with van der Waals surface area (Å²) in [5, 5.41) is 3.00. The average molecular weight is 265 g/mol. The molecule has 18 heavy (non-hydrogen) atoms. The predicted molar refractivity (Wildman–Crippen MR) is 72.9 cm³/mol. The number of anilines is 2. The van der Waals surface area contributed by atoms with E-state index in [4.69, 9.17) is 5.73 Å². The molecule has 0 atom stereocenters. The van der Waals surface area contributed by atoms with Gasteiger partial charge in [-0.3, -0.25) is 9.59 Å². The molecule has 0 aromatic heterocycles. The van der Waals surface area contributed by atoms with Crippen LogP contribution in [0.1, 0.15) is 6.42 Å². The standard InChI is InChI=1S/C12H15N3O2S/c1-14-8-2-3-10-9(6-8)15(11(16)4-5-13)12(17)7-18-10/h2-3,6,14H,4-5,7,13H2,1H3. The fraction of sp³-hybridized carbons (Fsp3) is 0.333. The van der Waals surface area contributed by atoms with Crippen LogP contribution in [0.3, 0.4) is 0 Å². The lowest BCUT2D eigenvalue weighted by Crippen LogP contribution is -2.41. The first-order valence-corrected chi connectivity index (χ1v) is 6.66. The Balaban J connectivity index is 2.42. The third kappa shape index (κ3) is 2.34. The van der Waals surface area contributed by atoms with Crippen molar-refractivity contribution in [2.24, 2.45) is 5.73 Å². The third-order valence-electron chi connectivity index (χ3n) is 2.70. The first-order chi connectivity index (χ1) is 8.67. The quantitative estimate of drug-likeness (QED) is 0.854. The van der Waals surface area contributed by atoms with Crippen molar-refractivity contribution in [3.63, 3.8) is 0 Å². The molecule has 96 valence electrons. The summed E-state index contributed by atoms with van der Waals surface area (Å²) in [4.78, 5) is 26.1. The molecule has 0 aliphatic carbocycles. The molecule has 0 fully saturated rings. The average Bonchev–Trinajstić information content (AvgIpc) is 2.38. The number of rotatable bonds is 3. The molecule has 0 radical (unpaired) electrons. The molecule has 0 unspecified atom stereocenters. The third-order valence-corrected chi connectivity index (χ3v) is 3.74. The van der Waals surface area contributed by atoms with Crippen molar-refractivity contribution in [1.29, 1.82) is 0 Å². The molecule has 2 rings (SSSR count). The number of nitrogens with zero attached hydrogens (tertiary/aromatic N) is 1. The number of amides is 2. The van der Waals surface area contributed by atoms with Gasteiger partial charge in [0.25, 0.3) is 0 Å². The van der Waals surface area contributed by atoms with Gasteiger partial charge in [0.05, 0.1) is 11.4 Å². The van der Waals surface area contributed by atoms with E-state index in [1.165, 1.54) is 16.7 Å². The van der Waals surface area contributed by atoms with Gasteiger partial charge in [-0.1, -0.05) is 0 Å². The summed E-state index contributed by atoms with van der Waals surface area (Å²) in [5.41, 5.74) is 6.91. The van der Waals surface area contributed by atoms with E-state index in [-0.39, 0.29) is 24.8 Å². The molecule has 1 aliphatic rings. The summed E-state index contributed by atoms with van der Waals surface area (Å²) in [7, 11) is 1.80. The van der Waals surface area contributed by atoms with Gasteiger partial charge in [0.1, 0.15) is 0 Å². The summed E-state index contributed by atoms with van der Waals surface area (Å²) in [6.07, 6.45) is 0.180. The Morgan fingerprint density at radius 1 is 1.56 bits per heavy atom. The minimum atomic E-state index is -0.239. The van der Waals surface area contributed by atoms with Crippen molar-refractivity contribution in [2.45, 2.75) is 11.3 Å². The highest BCUT2D eigenvalue weighted by atomic mass is 32.2.